The minimum atomic E-state index is -1.47. The monoisotopic (exact) mass is 474 g/mol. The first kappa shape index (κ1) is 24.9. The number of rotatable bonds is 9. The molecule has 33 heavy (non-hydrogen) atoms. The SMILES string of the molecule is C#CCOCC(C)Oc1ccc(Cc2cc([C@@H]3O[C@H](CO)C(O)=C(O)[C@H]3O)ccc2Cl)cc1. The lowest BCUT2D eigenvalue weighted by molar-refractivity contribution is -0.115. The Kier molecular flexibility index (Phi) is 8.61. The Balaban J connectivity index is 1.71. The Morgan fingerprint density at radius 3 is 2.55 bits per heavy atom. The van der Waals surface area contributed by atoms with Crippen molar-refractivity contribution in [3.63, 3.8) is 0 Å². The highest BCUT2D eigenvalue weighted by Crippen LogP contribution is 2.35. The van der Waals surface area contributed by atoms with Crippen LogP contribution in [-0.2, 0) is 15.9 Å². The van der Waals surface area contributed by atoms with Gasteiger partial charge >= 0.3 is 0 Å². The van der Waals surface area contributed by atoms with Crippen LogP contribution in [0.4, 0.5) is 0 Å². The number of aliphatic hydroxyl groups is 4. The Bertz CT molecular complexity index is 1010. The molecule has 0 amide bonds. The second kappa shape index (κ2) is 11.4. The van der Waals surface area contributed by atoms with E-state index in [2.05, 4.69) is 5.92 Å². The van der Waals surface area contributed by atoms with Crippen molar-refractivity contribution >= 4 is 11.6 Å². The molecule has 0 aromatic heterocycles. The van der Waals surface area contributed by atoms with E-state index in [9.17, 15) is 20.4 Å². The smallest absolute Gasteiger partial charge is 0.164 e. The van der Waals surface area contributed by atoms with Gasteiger partial charge in [-0.1, -0.05) is 41.8 Å². The van der Waals surface area contributed by atoms with Crippen LogP contribution in [0.25, 0.3) is 0 Å². The summed E-state index contributed by atoms with van der Waals surface area (Å²) in [4.78, 5) is 0. The van der Waals surface area contributed by atoms with Crippen LogP contribution in [0.5, 0.6) is 5.75 Å². The van der Waals surface area contributed by atoms with Gasteiger partial charge in [0.2, 0.25) is 0 Å². The van der Waals surface area contributed by atoms with E-state index in [1.807, 2.05) is 31.2 Å². The predicted molar refractivity (Wildman–Crippen MR) is 123 cm³/mol. The minimum Gasteiger partial charge on any atom is -0.506 e. The first-order chi connectivity index (χ1) is 15.8. The summed E-state index contributed by atoms with van der Waals surface area (Å²) in [6.07, 6.45) is 1.96. The molecule has 1 unspecified atom stereocenters. The number of hydrogen-bond acceptors (Lipinski definition) is 7. The Labute approximate surface area is 197 Å². The lowest BCUT2D eigenvalue weighted by atomic mass is 9.95. The van der Waals surface area contributed by atoms with Gasteiger partial charge in [0.15, 0.2) is 11.5 Å². The second-order valence-electron chi connectivity index (χ2n) is 7.76. The van der Waals surface area contributed by atoms with Gasteiger partial charge < -0.3 is 34.6 Å². The van der Waals surface area contributed by atoms with Gasteiger partial charge in [0.25, 0.3) is 0 Å². The van der Waals surface area contributed by atoms with Crippen molar-refractivity contribution in [3.05, 3.63) is 75.7 Å². The van der Waals surface area contributed by atoms with Crippen molar-refractivity contribution in [3.8, 4) is 18.1 Å². The zero-order valence-corrected chi connectivity index (χ0v) is 18.9. The third kappa shape index (κ3) is 6.20. The topological polar surface area (TPSA) is 109 Å². The van der Waals surface area contributed by atoms with Gasteiger partial charge in [-0.2, -0.15) is 0 Å². The van der Waals surface area contributed by atoms with Crippen LogP contribution in [0.2, 0.25) is 5.02 Å². The fraction of sp³-hybridized carbons (Fsp3) is 0.360. The lowest BCUT2D eigenvalue weighted by Crippen LogP contribution is -2.37. The molecular formula is C25H27ClO7. The third-order valence-electron chi connectivity index (χ3n) is 5.20. The van der Waals surface area contributed by atoms with Crippen LogP contribution < -0.4 is 4.74 Å². The van der Waals surface area contributed by atoms with E-state index in [0.29, 0.717) is 29.4 Å². The molecule has 176 valence electrons. The summed E-state index contributed by atoms with van der Waals surface area (Å²) in [7, 11) is 0. The molecule has 1 heterocycles. The summed E-state index contributed by atoms with van der Waals surface area (Å²) in [6, 6.07) is 12.7. The van der Waals surface area contributed by atoms with Crippen LogP contribution >= 0.6 is 11.6 Å². The van der Waals surface area contributed by atoms with E-state index in [0.717, 1.165) is 11.1 Å². The van der Waals surface area contributed by atoms with Crippen LogP contribution in [0.3, 0.4) is 0 Å². The molecule has 1 aliphatic rings. The molecule has 3 rings (SSSR count). The molecule has 0 radical (unpaired) electrons. The quantitative estimate of drug-likeness (QED) is 0.325. The van der Waals surface area contributed by atoms with Crippen molar-refractivity contribution in [2.75, 3.05) is 19.8 Å². The maximum absolute atomic E-state index is 10.4. The van der Waals surface area contributed by atoms with E-state index in [1.165, 1.54) is 0 Å². The number of terminal acetylenes is 1. The molecule has 0 saturated carbocycles. The van der Waals surface area contributed by atoms with Crippen LogP contribution in [0, 0.1) is 12.3 Å². The molecular weight excluding hydrogens is 448 g/mol. The van der Waals surface area contributed by atoms with Crippen molar-refractivity contribution in [2.24, 2.45) is 0 Å². The van der Waals surface area contributed by atoms with Gasteiger partial charge in [-0.15, -0.1) is 6.42 Å². The van der Waals surface area contributed by atoms with Crippen molar-refractivity contribution in [2.45, 2.75) is 37.8 Å². The number of aliphatic hydroxyl groups excluding tert-OH is 4. The summed E-state index contributed by atoms with van der Waals surface area (Å²) in [6.45, 7) is 1.99. The number of benzene rings is 2. The van der Waals surface area contributed by atoms with Crippen LogP contribution in [0.15, 0.2) is 54.0 Å². The molecule has 2 aromatic carbocycles. The van der Waals surface area contributed by atoms with E-state index < -0.39 is 36.4 Å². The van der Waals surface area contributed by atoms with Gasteiger partial charge in [-0.25, -0.2) is 0 Å². The fourth-order valence-electron chi connectivity index (χ4n) is 3.53. The summed E-state index contributed by atoms with van der Waals surface area (Å²) in [5, 5.41) is 40.1. The van der Waals surface area contributed by atoms with Crippen LogP contribution in [-0.4, -0.2) is 58.6 Å². The summed E-state index contributed by atoms with van der Waals surface area (Å²) in [5.74, 6) is 1.92. The van der Waals surface area contributed by atoms with E-state index in [-0.39, 0.29) is 12.7 Å². The molecule has 0 spiro atoms. The maximum Gasteiger partial charge on any atom is 0.164 e. The molecule has 2 aromatic rings. The van der Waals surface area contributed by atoms with Gasteiger partial charge in [0.1, 0.15) is 36.8 Å². The minimum absolute atomic E-state index is 0.148. The Morgan fingerprint density at radius 2 is 1.88 bits per heavy atom. The highest BCUT2D eigenvalue weighted by Gasteiger charge is 2.38. The van der Waals surface area contributed by atoms with E-state index in [1.54, 1.807) is 18.2 Å². The van der Waals surface area contributed by atoms with Gasteiger partial charge in [0.05, 0.1) is 13.2 Å². The normalized spacial score (nSPS) is 21.5. The highest BCUT2D eigenvalue weighted by atomic mass is 35.5. The molecule has 4 N–H and O–H groups in total. The second-order valence-corrected chi connectivity index (χ2v) is 8.17. The first-order valence-corrected chi connectivity index (χ1v) is 10.8. The number of hydrogen-bond donors (Lipinski definition) is 4. The molecule has 4 atom stereocenters. The van der Waals surface area contributed by atoms with E-state index >= 15 is 0 Å². The average molecular weight is 475 g/mol. The van der Waals surface area contributed by atoms with Crippen molar-refractivity contribution < 1.29 is 34.6 Å². The molecule has 0 aliphatic carbocycles. The predicted octanol–water partition coefficient (Wildman–Crippen LogP) is 3.47. The molecule has 7 nitrogen and oxygen atoms in total. The standard InChI is InChI=1S/C25H27ClO7/c1-3-10-31-14-15(2)32-19-7-4-16(5-8-19)11-18-12-17(6-9-20(18)26)25-24(30)23(29)22(28)21(13-27)33-25/h1,4-9,12,15,21,24-25,27-30H,10-11,13-14H2,2H3/t15?,21-,24-,25+/m1/s1. The largest absolute Gasteiger partial charge is 0.506 e. The number of halogens is 1. The third-order valence-corrected chi connectivity index (χ3v) is 5.57. The molecule has 0 fully saturated rings. The highest BCUT2D eigenvalue weighted by molar-refractivity contribution is 6.31. The van der Waals surface area contributed by atoms with Gasteiger partial charge in [0, 0.05) is 5.02 Å². The van der Waals surface area contributed by atoms with E-state index in [4.69, 9.17) is 32.2 Å². The molecule has 8 heteroatoms. The van der Waals surface area contributed by atoms with Crippen molar-refractivity contribution in [1.82, 2.24) is 0 Å². The average Bonchev–Trinajstić information content (AvgIpc) is 2.81. The molecule has 0 bridgehead atoms. The fourth-order valence-corrected chi connectivity index (χ4v) is 3.71. The maximum atomic E-state index is 10.4. The van der Waals surface area contributed by atoms with Gasteiger partial charge in [-0.05, 0) is 48.2 Å². The van der Waals surface area contributed by atoms with Crippen molar-refractivity contribution in [1.29, 1.82) is 0 Å². The Hall–Kier alpha value is -2.73. The lowest BCUT2D eigenvalue weighted by Gasteiger charge is -2.32. The van der Waals surface area contributed by atoms with Crippen LogP contribution in [0.1, 0.15) is 29.7 Å². The van der Waals surface area contributed by atoms with Gasteiger partial charge in [-0.3, -0.25) is 0 Å². The zero-order chi connectivity index (χ0) is 24.0. The molecule has 1 aliphatic heterocycles. The Morgan fingerprint density at radius 1 is 1.15 bits per heavy atom. The summed E-state index contributed by atoms with van der Waals surface area (Å²) in [5.41, 5.74) is 2.32. The number of ether oxygens (including phenoxy) is 3. The first-order valence-electron chi connectivity index (χ1n) is 10.5. The zero-order valence-electron chi connectivity index (χ0n) is 18.1. The summed E-state index contributed by atoms with van der Waals surface area (Å²) >= 11 is 6.40. The summed E-state index contributed by atoms with van der Waals surface area (Å²) < 4.78 is 16.7. The molecule has 0 saturated heterocycles.